The van der Waals surface area contributed by atoms with Gasteiger partial charge in [-0.05, 0) is 25.0 Å². The Morgan fingerprint density at radius 1 is 0.929 bits per heavy atom. The van der Waals surface area contributed by atoms with Crippen molar-refractivity contribution in [2.45, 2.75) is 12.8 Å². The van der Waals surface area contributed by atoms with Crippen molar-refractivity contribution in [3.8, 4) is 11.3 Å². The molecule has 3 aromatic rings. The summed E-state index contributed by atoms with van der Waals surface area (Å²) < 4.78 is 34.2. The van der Waals surface area contributed by atoms with Gasteiger partial charge >= 0.3 is 0 Å². The van der Waals surface area contributed by atoms with Gasteiger partial charge in [-0.15, -0.1) is 0 Å². The SMILES string of the molecule is Fc1ccc(-c2nc(N3CCOCC3)nc3nc(N4CCCC4)sc23)c(F)c1. The topological polar surface area (TPSA) is 54.4 Å². The molecular formula is C19H19F2N5OS. The number of hydrogen-bond acceptors (Lipinski definition) is 7. The quantitative estimate of drug-likeness (QED) is 0.668. The number of benzene rings is 1. The summed E-state index contributed by atoms with van der Waals surface area (Å²) >= 11 is 1.47. The van der Waals surface area contributed by atoms with Gasteiger partial charge in [0.2, 0.25) is 5.95 Å². The van der Waals surface area contributed by atoms with Crippen LogP contribution in [0, 0.1) is 11.6 Å². The molecule has 0 bridgehead atoms. The molecule has 2 fully saturated rings. The Morgan fingerprint density at radius 3 is 2.46 bits per heavy atom. The van der Waals surface area contributed by atoms with Crippen LogP contribution in [0.2, 0.25) is 0 Å². The Morgan fingerprint density at radius 2 is 1.71 bits per heavy atom. The summed E-state index contributed by atoms with van der Waals surface area (Å²) in [6.45, 7) is 4.45. The summed E-state index contributed by atoms with van der Waals surface area (Å²) in [6.07, 6.45) is 2.28. The predicted molar refractivity (Wildman–Crippen MR) is 105 cm³/mol. The van der Waals surface area contributed by atoms with E-state index in [1.807, 2.05) is 4.90 Å². The van der Waals surface area contributed by atoms with Crippen molar-refractivity contribution < 1.29 is 13.5 Å². The minimum Gasteiger partial charge on any atom is -0.378 e. The average Bonchev–Trinajstić information content (AvgIpc) is 3.37. The largest absolute Gasteiger partial charge is 0.378 e. The first-order valence-corrected chi connectivity index (χ1v) is 10.2. The van der Waals surface area contributed by atoms with E-state index in [9.17, 15) is 8.78 Å². The van der Waals surface area contributed by atoms with Gasteiger partial charge in [-0.1, -0.05) is 11.3 Å². The van der Waals surface area contributed by atoms with Crippen molar-refractivity contribution >= 4 is 32.8 Å². The number of ether oxygens (including phenoxy) is 1. The van der Waals surface area contributed by atoms with Gasteiger partial charge in [0.25, 0.3) is 0 Å². The Labute approximate surface area is 164 Å². The van der Waals surface area contributed by atoms with Crippen LogP contribution in [0.15, 0.2) is 18.2 Å². The smallest absolute Gasteiger partial charge is 0.228 e. The van der Waals surface area contributed by atoms with Crippen LogP contribution in [0.4, 0.5) is 19.9 Å². The normalized spacial score (nSPS) is 17.6. The van der Waals surface area contributed by atoms with Crippen LogP contribution in [0.5, 0.6) is 0 Å². The third kappa shape index (κ3) is 3.18. The van der Waals surface area contributed by atoms with E-state index in [1.165, 1.54) is 23.5 Å². The lowest BCUT2D eigenvalue weighted by Gasteiger charge is -2.27. The molecule has 2 saturated heterocycles. The first kappa shape index (κ1) is 17.7. The van der Waals surface area contributed by atoms with Crippen LogP contribution in [-0.2, 0) is 4.74 Å². The number of thiazole rings is 1. The Hall–Kier alpha value is -2.39. The molecule has 4 heterocycles. The fraction of sp³-hybridized carbons (Fsp3) is 0.421. The van der Waals surface area contributed by atoms with E-state index in [2.05, 4.69) is 14.9 Å². The average molecular weight is 403 g/mol. The number of fused-ring (bicyclic) bond motifs is 1. The van der Waals surface area contributed by atoms with Crippen molar-refractivity contribution in [2.75, 3.05) is 49.2 Å². The first-order valence-electron chi connectivity index (χ1n) is 9.41. The number of aromatic nitrogens is 3. The number of hydrogen-bond donors (Lipinski definition) is 0. The third-order valence-electron chi connectivity index (χ3n) is 5.09. The van der Waals surface area contributed by atoms with Crippen LogP contribution < -0.4 is 9.80 Å². The van der Waals surface area contributed by atoms with Crippen LogP contribution in [0.25, 0.3) is 21.6 Å². The van der Waals surface area contributed by atoms with Gasteiger partial charge in [0.1, 0.15) is 16.3 Å². The maximum atomic E-state index is 14.6. The van der Waals surface area contributed by atoms with Crippen molar-refractivity contribution in [2.24, 2.45) is 0 Å². The highest BCUT2D eigenvalue weighted by Crippen LogP contribution is 2.37. The molecule has 9 heteroatoms. The maximum Gasteiger partial charge on any atom is 0.228 e. The Kier molecular flexibility index (Phi) is 4.56. The molecule has 0 atom stereocenters. The third-order valence-corrected chi connectivity index (χ3v) is 6.20. The van der Waals surface area contributed by atoms with E-state index in [4.69, 9.17) is 9.72 Å². The zero-order valence-electron chi connectivity index (χ0n) is 15.2. The molecule has 0 saturated carbocycles. The Bertz CT molecular complexity index is 1010. The van der Waals surface area contributed by atoms with Crippen LogP contribution in [0.3, 0.4) is 0 Å². The summed E-state index contributed by atoms with van der Waals surface area (Å²) in [4.78, 5) is 18.3. The van der Waals surface area contributed by atoms with Gasteiger partial charge < -0.3 is 14.5 Å². The van der Waals surface area contributed by atoms with E-state index in [-0.39, 0.29) is 5.56 Å². The minimum absolute atomic E-state index is 0.264. The molecule has 0 aliphatic carbocycles. The molecule has 0 amide bonds. The van der Waals surface area contributed by atoms with E-state index in [1.54, 1.807) is 0 Å². The van der Waals surface area contributed by atoms with Gasteiger partial charge in [-0.3, -0.25) is 0 Å². The van der Waals surface area contributed by atoms with E-state index in [0.29, 0.717) is 43.6 Å². The van der Waals surface area contributed by atoms with Crippen LogP contribution >= 0.6 is 11.3 Å². The number of anilines is 2. The molecule has 0 radical (unpaired) electrons. The van der Waals surface area contributed by atoms with E-state index >= 15 is 0 Å². The zero-order chi connectivity index (χ0) is 19.1. The molecule has 28 heavy (non-hydrogen) atoms. The number of morpholine rings is 1. The van der Waals surface area contributed by atoms with Gasteiger partial charge in [-0.25, -0.2) is 13.8 Å². The fourth-order valence-electron chi connectivity index (χ4n) is 3.61. The lowest BCUT2D eigenvalue weighted by molar-refractivity contribution is 0.122. The molecule has 0 N–H and O–H groups in total. The molecule has 2 aromatic heterocycles. The number of halogens is 2. The first-order chi connectivity index (χ1) is 13.7. The summed E-state index contributed by atoms with van der Waals surface area (Å²) in [5.41, 5.74) is 1.29. The maximum absolute atomic E-state index is 14.6. The Balaban J connectivity index is 1.67. The van der Waals surface area contributed by atoms with Gasteiger partial charge in [0.15, 0.2) is 10.8 Å². The van der Waals surface area contributed by atoms with Gasteiger partial charge in [-0.2, -0.15) is 9.97 Å². The second-order valence-electron chi connectivity index (χ2n) is 6.94. The standard InChI is InChI=1S/C19H19F2N5OS/c20-12-3-4-13(14(21)11-12)15-16-17(24-19(28-16)26-5-1-2-6-26)23-18(22-15)25-7-9-27-10-8-25/h3-4,11H,1-2,5-10H2. The highest BCUT2D eigenvalue weighted by Gasteiger charge is 2.24. The summed E-state index contributed by atoms with van der Waals surface area (Å²) in [6, 6.07) is 3.58. The molecule has 146 valence electrons. The highest BCUT2D eigenvalue weighted by atomic mass is 32.1. The van der Waals surface area contributed by atoms with E-state index < -0.39 is 11.6 Å². The van der Waals surface area contributed by atoms with Gasteiger partial charge in [0, 0.05) is 37.8 Å². The van der Waals surface area contributed by atoms with Crippen molar-refractivity contribution in [1.29, 1.82) is 0 Å². The monoisotopic (exact) mass is 403 g/mol. The predicted octanol–water partition coefficient (Wildman–Crippen LogP) is 3.47. The molecule has 2 aliphatic rings. The number of rotatable bonds is 3. The zero-order valence-corrected chi connectivity index (χ0v) is 16.0. The number of nitrogens with zero attached hydrogens (tertiary/aromatic N) is 5. The second-order valence-corrected chi connectivity index (χ2v) is 7.92. The van der Waals surface area contributed by atoms with E-state index in [0.717, 1.165) is 41.8 Å². The summed E-state index contributed by atoms with van der Waals surface area (Å²) in [5.74, 6) is -0.737. The molecule has 2 aliphatic heterocycles. The molecule has 5 rings (SSSR count). The second kappa shape index (κ2) is 7.21. The molecule has 6 nitrogen and oxygen atoms in total. The van der Waals surface area contributed by atoms with Crippen LogP contribution in [0.1, 0.15) is 12.8 Å². The molecular weight excluding hydrogens is 384 g/mol. The van der Waals surface area contributed by atoms with Crippen molar-refractivity contribution in [3.05, 3.63) is 29.8 Å². The van der Waals surface area contributed by atoms with Crippen LogP contribution in [-0.4, -0.2) is 54.3 Å². The summed E-state index contributed by atoms with van der Waals surface area (Å²) in [5, 5.41) is 0.879. The summed E-state index contributed by atoms with van der Waals surface area (Å²) in [7, 11) is 0. The van der Waals surface area contributed by atoms with Crippen molar-refractivity contribution in [1.82, 2.24) is 15.0 Å². The lowest BCUT2D eigenvalue weighted by Crippen LogP contribution is -2.37. The lowest BCUT2D eigenvalue weighted by atomic mass is 10.1. The van der Waals surface area contributed by atoms with Crippen molar-refractivity contribution in [3.63, 3.8) is 0 Å². The molecule has 0 spiro atoms. The minimum atomic E-state index is -0.635. The van der Waals surface area contributed by atoms with Gasteiger partial charge in [0.05, 0.1) is 18.9 Å². The fourth-order valence-corrected chi connectivity index (χ4v) is 4.68. The molecule has 1 aromatic carbocycles. The highest BCUT2D eigenvalue weighted by molar-refractivity contribution is 7.22. The molecule has 0 unspecified atom stereocenters.